The number of rotatable bonds is 3. The van der Waals surface area contributed by atoms with E-state index >= 15 is 0 Å². The number of amides is 1. The Morgan fingerprint density at radius 3 is 2.75 bits per heavy atom. The maximum Gasteiger partial charge on any atom is 0.253 e. The molecule has 1 aromatic heterocycles. The second-order valence-electron chi connectivity index (χ2n) is 6.58. The molecule has 1 N–H and O–H groups in total. The molecule has 0 spiro atoms. The number of para-hydroxylation sites is 1. The number of benzene rings is 1. The number of hydrogen-bond donors (Lipinski definition) is 1. The molecule has 1 atom stereocenters. The van der Waals surface area contributed by atoms with Crippen molar-refractivity contribution < 1.29 is 14.3 Å². The molecule has 124 valence electrons. The standard InChI is InChI=1S/C19H20N2O3/c1-11-9-15(12(2)21(11)13-7-8-13)19(23)20-16-10-24-17-6-4-3-5-14(17)18(16)22/h3-6,9,13,16H,7-8,10H2,1-2H3,(H,20,23)/t16-/m0/s1. The lowest BCUT2D eigenvalue weighted by atomic mass is 10.0. The zero-order valence-electron chi connectivity index (χ0n) is 13.8. The Balaban J connectivity index is 1.55. The summed E-state index contributed by atoms with van der Waals surface area (Å²) in [5, 5.41) is 2.84. The van der Waals surface area contributed by atoms with Crippen molar-refractivity contribution >= 4 is 11.7 Å². The maximum absolute atomic E-state index is 12.7. The predicted octanol–water partition coefficient (Wildman–Crippen LogP) is 2.81. The number of ketones is 1. The van der Waals surface area contributed by atoms with Gasteiger partial charge >= 0.3 is 0 Å². The highest BCUT2D eigenvalue weighted by Crippen LogP contribution is 2.38. The first kappa shape index (κ1) is 15.0. The number of ether oxygens (including phenoxy) is 1. The lowest BCUT2D eigenvalue weighted by Crippen LogP contribution is -2.47. The van der Waals surface area contributed by atoms with Crippen LogP contribution < -0.4 is 10.1 Å². The molecule has 1 fully saturated rings. The van der Waals surface area contributed by atoms with Gasteiger partial charge in [0.15, 0.2) is 5.78 Å². The fourth-order valence-corrected chi connectivity index (χ4v) is 3.48. The van der Waals surface area contributed by atoms with Crippen LogP contribution in [0.1, 0.15) is 51.0 Å². The molecule has 5 nitrogen and oxygen atoms in total. The van der Waals surface area contributed by atoms with Crippen LogP contribution in [-0.2, 0) is 0 Å². The molecule has 4 rings (SSSR count). The molecular weight excluding hydrogens is 304 g/mol. The molecular formula is C19H20N2O3. The molecule has 1 amide bonds. The molecule has 24 heavy (non-hydrogen) atoms. The van der Waals surface area contributed by atoms with Gasteiger partial charge in [-0.25, -0.2) is 0 Å². The van der Waals surface area contributed by atoms with Gasteiger partial charge < -0.3 is 14.6 Å². The molecule has 1 aliphatic carbocycles. The Kier molecular flexibility index (Phi) is 3.44. The highest BCUT2D eigenvalue weighted by molar-refractivity contribution is 6.06. The monoisotopic (exact) mass is 324 g/mol. The lowest BCUT2D eigenvalue weighted by molar-refractivity contribution is 0.0795. The van der Waals surface area contributed by atoms with Gasteiger partial charge in [0.05, 0.1) is 11.1 Å². The molecule has 2 heterocycles. The van der Waals surface area contributed by atoms with Crippen LogP contribution in [0.15, 0.2) is 30.3 Å². The van der Waals surface area contributed by atoms with Crippen LogP contribution in [0.4, 0.5) is 0 Å². The van der Waals surface area contributed by atoms with E-state index in [4.69, 9.17) is 4.74 Å². The highest BCUT2D eigenvalue weighted by atomic mass is 16.5. The van der Waals surface area contributed by atoms with Crippen LogP contribution in [0.3, 0.4) is 0 Å². The molecule has 2 aliphatic rings. The van der Waals surface area contributed by atoms with Gasteiger partial charge in [0.1, 0.15) is 18.4 Å². The number of hydrogen-bond acceptors (Lipinski definition) is 3. The van der Waals surface area contributed by atoms with Crippen LogP contribution in [0.25, 0.3) is 0 Å². The molecule has 0 radical (unpaired) electrons. The van der Waals surface area contributed by atoms with Crippen LogP contribution >= 0.6 is 0 Å². The number of carbonyl (C=O) groups excluding carboxylic acids is 2. The summed E-state index contributed by atoms with van der Waals surface area (Å²) in [6, 6.07) is 8.93. The second-order valence-corrected chi connectivity index (χ2v) is 6.58. The van der Waals surface area contributed by atoms with Gasteiger partial charge in [-0.15, -0.1) is 0 Å². The van der Waals surface area contributed by atoms with Crippen molar-refractivity contribution in [2.75, 3.05) is 6.61 Å². The van der Waals surface area contributed by atoms with Crippen molar-refractivity contribution in [3.8, 4) is 5.75 Å². The van der Waals surface area contributed by atoms with E-state index in [2.05, 4.69) is 9.88 Å². The van der Waals surface area contributed by atoms with E-state index in [0.29, 0.717) is 22.9 Å². The summed E-state index contributed by atoms with van der Waals surface area (Å²) >= 11 is 0. The van der Waals surface area contributed by atoms with E-state index in [1.807, 2.05) is 26.0 Å². The van der Waals surface area contributed by atoms with Gasteiger partial charge in [-0.05, 0) is 44.9 Å². The van der Waals surface area contributed by atoms with Crippen LogP contribution in [0.5, 0.6) is 5.75 Å². The predicted molar refractivity (Wildman–Crippen MR) is 89.7 cm³/mol. The minimum absolute atomic E-state index is 0.0961. The topological polar surface area (TPSA) is 60.3 Å². The molecule has 2 aromatic rings. The number of aryl methyl sites for hydroxylation is 1. The lowest BCUT2D eigenvalue weighted by Gasteiger charge is -2.24. The highest BCUT2D eigenvalue weighted by Gasteiger charge is 2.32. The Morgan fingerprint density at radius 2 is 2.00 bits per heavy atom. The summed E-state index contributed by atoms with van der Waals surface area (Å²) in [6.07, 6.45) is 2.34. The van der Waals surface area contributed by atoms with E-state index in [-0.39, 0.29) is 18.3 Å². The van der Waals surface area contributed by atoms with E-state index in [1.54, 1.807) is 18.2 Å². The first-order chi connectivity index (χ1) is 11.6. The molecule has 0 unspecified atom stereocenters. The number of Topliss-reactive ketones (excluding diaryl/α,β-unsaturated/α-hetero) is 1. The minimum Gasteiger partial charge on any atom is -0.490 e. The first-order valence-corrected chi connectivity index (χ1v) is 8.31. The average Bonchev–Trinajstić information content (AvgIpc) is 3.35. The molecule has 0 saturated heterocycles. The molecule has 0 bridgehead atoms. The van der Waals surface area contributed by atoms with Gasteiger partial charge in [0, 0.05) is 17.4 Å². The van der Waals surface area contributed by atoms with Crippen molar-refractivity contribution in [1.29, 1.82) is 0 Å². The summed E-state index contributed by atoms with van der Waals surface area (Å²) < 4.78 is 7.84. The SMILES string of the molecule is Cc1cc(C(=O)N[C@H]2COc3ccccc3C2=O)c(C)n1C1CC1. The van der Waals surface area contributed by atoms with Crippen molar-refractivity contribution in [1.82, 2.24) is 9.88 Å². The zero-order chi connectivity index (χ0) is 16.8. The summed E-state index contributed by atoms with van der Waals surface area (Å²) in [4.78, 5) is 25.2. The van der Waals surface area contributed by atoms with Gasteiger partial charge in [-0.1, -0.05) is 12.1 Å². The third-order valence-corrected chi connectivity index (χ3v) is 4.82. The van der Waals surface area contributed by atoms with Crippen LogP contribution in [0.2, 0.25) is 0 Å². The van der Waals surface area contributed by atoms with E-state index in [1.165, 1.54) is 12.8 Å². The number of nitrogens with one attached hydrogen (secondary N) is 1. The van der Waals surface area contributed by atoms with Gasteiger partial charge in [0.25, 0.3) is 5.91 Å². The number of nitrogens with zero attached hydrogens (tertiary/aromatic N) is 1. The molecule has 5 heteroatoms. The average molecular weight is 324 g/mol. The van der Waals surface area contributed by atoms with Gasteiger partial charge in [-0.3, -0.25) is 9.59 Å². The summed E-state index contributed by atoms with van der Waals surface area (Å²) in [5.41, 5.74) is 3.23. The number of carbonyl (C=O) groups is 2. The van der Waals surface area contributed by atoms with Crippen LogP contribution in [-0.4, -0.2) is 28.9 Å². The normalized spacial score (nSPS) is 19.6. The Labute approximate surface area is 140 Å². The van der Waals surface area contributed by atoms with Crippen LogP contribution in [0, 0.1) is 13.8 Å². The Morgan fingerprint density at radius 1 is 1.25 bits per heavy atom. The fourth-order valence-electron chi connectivity index (χ4n) is 3.48. The van der Waals surface area contributed by atoms with E-state index in [0.717, 1.165) is 11.4 Å². The van der Waals surface area contributed by atoms with Crippen molar-refractivity contribution in [2.45, 2.75) is 38.8 Å². The van der Waals surface area contributed by atoms with Crippen molar-refractivity contribution in [2.24, 2.45) is 0 Å². The largest absolute Gasteiger partial charge is 0.490 e. The Bertz CT molecular complexity index is 833. The van der Waals surface area contributed by atoms with Crippen molar-refractivity contribution in [3.05, 3.63) is 52.8 Å². The number of aromatic nitrogens is 1. The van der Waals surface area contributed by atoms with Gasteiger partial charge in [-0.2, -0.15) is 0 Å². The quantitative estimate of drug-likeness (QED) is 0.944. The van der Waals surface area contributed by atoms with Crippen molar-refractivity contribution in [3.63, 3.8) is 0 Å². The first-order valence-electron chi connectivity index (χ1n) is 8.31. The third-order valence-electron chi connectivity index (χ3n) is 4.82. The molecule has 1 aliphatic heterocycles. The molecule has 1 aromatic carbocycles. The molecule has 1 saturated carbocycles. The summed E-state index contributed by atoms with van der Waals surface area (Å²) in [6.45, 7) is 4.16. The van der Waals surface area contributed by atoms with E-state index in [9.17, 15) is 9.59 Å². The van der Waals surface area contributed by atoms with Gasteiger partial charge in [0.2, 0.25) is 0 Å². The minimum atomic E-state index is -0.642. The number of fused-ring (bicyclic) bond motifs is 1. The second kappa shape index (κ2) is 5.51. The smallest absolute Gasteiger partial charge is 0.253 e. The summed E-state index contributed by atoms with van der Waals surface area (Å²) in [5.74, 6) is 0.275. The summed E-state index contributed by atoms with van der Waals surface area (Å²) in [7, 11) is 0. The maximum atomic E-state index is 12.7. The fraction of sp³-hybridized carbons (Fsp3) is 0.368. The zero-order valence-corrected chi connectivity index (χ0v) is 13.8. The Hall–Kier alpha value is -2.56. The third kappa shape index (κ3) is 2.40. The van der Waals surface area contributed by atoms with E-state index < -0.39 is 6.04 Å².